The highest BCUT2D eigenvalue weighted by molar-refractivity contribution is 5.97. The first-order valence-corrected chi connectivity index (χ1v) is 9.07. The zero-order valence-electron chi connectivity index (χ0n) is 14.8. The molecule has 25 heavy (non-hydrogen) atoms. The predicted molar refractivity (Wildman–Crippen MR) is 101 cm³/mol. The summed E-state index contributed by atoms with van der Waals surface area (Å²) in [7, 11) is 2.14. The number of piperazine rings is 1. The summed E-state index contributed by atoms with van der Waals surface area (Å²) < 4.78 is 0. The van der Waals surface area contributed by atoms with Crippen LogP contribution in [0, 0.1) is 0 Å². The Kier molecular flexibility index (Phi) is 4.55. The first kappa shape index (κ1) is 16.3. The van der Waals surface area contributed by atoms with E-state index in [0.717, 1.165) is 38.4 Å². The summed E-state index contributed by atoms with van der Waals surface area (Å²) in [4.78, 5) is 19.6. The van der Waals surface area contributed by atoms with Gasteiger partial charge in [-0.05, 0) is 24.2 Å². The highest BCUT2D eigenvalue weighted by Gasteiger charge is 2.33. The molecule has 4 nitrogen and oxygen atoms in total. The van der Waals surface area contributed by atoms with Crippen LogP contribution in [0.25, 0.3) is 0 Å². The molecule has 1 amide bonds. The van der Waals surface area contributed by atoms with Crippen LogP contribution in [0.5, 0.6) is 0 Å². The Morgan fingerprint density at radius 1 is 0.960 bits per heavy atom. The highest BCUT2D eigenvalue weighted by atomic mass is 16.2. The second kappa shape index (κ2) is 6.98. The van der Waals surface area contributed by atoms with Crippen LogP contribution in [0.4, 0.5) is 5.69 Å². The van der Waals surface area contributed by atoms with Gasteiger partial charge >= 0.3 is 0 Å². The van der Waals surface area contributed by atoms with Crippen molar-refractivity contribution in [3.63, 3.8) is 0 Å². The number of nitrogens with zero attached hydrogens (tertiary/aromatic N) is 3. The van der Waals surface area contributed by atoms with Gasteiger partial charge in [-0.2, -0.15) is 0 Å². The lowest BCUT2D eigenvalue weighted by Crippen LogP contribution is -2.48. The van der Waals surface area contributed by atoms with Crippen LogP contribution in [-0.2, 0) is 4.79 Å². The van der Waals surface area contributed by atoms with Crippen LogP contribution >= 0.6 is 0 Å². The van der Waals surface area contributed by atoms with E-state index in [1.165, 1.54) is 11.1 Å². The van der Waals surface area contributed by atoms with E-state index in [9.17, 15) is 4.79 Å². The van der Waals surface area contributed by atoms with Crippen LogP contribution < -0.4 is 4.90 Å². The maximum absolute atomic E-state index is 13.0. The molecular formula is C21H25N3O. The zero-order valence-corrected chi connectivity index (χ0v) is 14.8. The molecule has 0 aromatic heterocycles. The van der Waals surface area contributed by atoms with Crippen molar-refractivity contribution in [2.75, 3.05) is 51.2 Å². The molecule has 2 aliphatic rings. The van der Waals surface area contributed by atoms with Gasteiger partial charge in [-0.3, -0.25) is 9.69 Å². The molecule has 2 aromatic carbocycles. The van der Waals surface area contributed by atoms with Crippen LogP contribution in [0.1, 0.15) is 17.0 Å². The molecule has 2 heterocycles. The SMILES string of the molecule is CN1CCN(CC(=O)N2CC(c3ccccc3)c3ccccc32)CC1. The van der Waals surface area contributed by atoms with Gasteiger partial charge in [-0.1, -0.05) is 48.5 Å². The predicted octanol–water partition coefficient (Wildman–Crippen LogP) is 2.41. The molecule has 0 aliphatic carbocycles. The summed E-state index contributed by atoms with van der Waals surface area (Å²) >= 11 is 0. The Bertz CT molecular complexity index is 738. The smallest absolute Gasteiger partial charge is 0.241 e. The number of para-hydroxylation sites is 1. The molecule has 0 bridgehead atoms. The minimum Gasteiger partial charge on any atom is -0.310 e. The third kappa shape index (κ3) is 3.32. The van der Waals surface area contributed by atoms with Gasteiger partial charge in [0, 0.05) is 44.3 Å². The van der Waals surface area contributed by atoms with E-state index in [0.29, 0.717) is 6.54 Å². The average molecular weight is 335 g/mol. The molecule has 4 heteroatoms. The van der Waals surface area contributed by atoms with Gasteiger partial charge in [0.25, 0.3) is 0 Å². The van der Waals surface area contributed by atoms with Gasteiger partial charge < -0.3 is 9.80 Å². The number of hydrogen-bond donors (Lipinski definition) is 0. The quantitative estimate of drug-likeness (QED) is 0.862. The lowest BCUT2D eigenvalue weighted by atomic mass is 9.93. The van der Waals surface area contributed by atoms with Crippen LogP contribution in [0.2, 0.25) is 0 Å². The molecule has 0 N–H and O–H groups in total. The van der Waals surface area contributed by atoms with Crippen molar-refractivity contribution >= 4 is 11.6 Å². The second-order valence-electron chi connectivity index (χ2n) is 7.11. The van der Waals surface area contributed by atoms with E-state index < -0.39 is 0 Å². The Labute approximate surface area is 149 Å². The molecule has 1 saturated heterocycles. The number of likely N-dealkylation sites (N-methyl/N-ethyl adjacent to an activating group) is 1. The number of carbonyl (C=O) groups excluding carboxylic acids is 1. The van der Waals surface area contributed by atoms with Crippen molar-refractivity contribution in [2.45, 2.75) is 5.92 Å². The monoisotopic (exact) mass is 335 g/mol. The topological polar surface area (TPSA) is 26.8 Å². The van der Waals surface area contributed by atoms with Crippen LogP contribution in [-0.4, -0.2) is 62.0 Å². The molecule has 2 aromatic rings. The van der Waals surface area contributed by atoms with E-state index in [1.54, 1.807) is 0 Å². The summed E-state index contributed by atoms with van der Waals surface area (Å²) in [5.74, 6) is 0.490. The highest BCUT2D eigenvalue weighted by Crippen LogP contribution is 2.39. The normalized spacial score (nSPS) is 21.3. The van der Waals surface area contributed by atoms with Gasteiger partial charge in [0.2, 0.25) is 5.91 Å². The number of rotatable bonds is 3. The Morgan fingerprint density at radius 2 is 1.64 bits per heavy atom. The number of benzene rings is 2. The third-order valence-corrected chi connectivity index (χ3v) is 5.43. The minimum atomic E-state index is 0.218. The fraction of sp³-hybridized carbons (Fsp3) is 0.381. The number of amides is 1. The molecule has 2 aliphatic heterocycles. The molecule has 0 spiro atoms. The molecule has 130 valence electrons. The zero-order chi connectivity index (χ0) is 17.2. The van der Waals surface area contributed by atoms with Gasteiger partial charge in [0.1, 0.15) is 0 Å². The molecule has 0 radical (unpaired) electrons. The summed E-state index contributed by atoms with van der Waals surface area (Å²) in [6, 6.07) is 18.9. The molecule has 1 atom stereocenters. The number of carbonyl (C=O) groups is 1. The first-order chi connectivity index (χ1) is 12.2. The molecule has 1 fully saturated rings. The number of hydrogen-bond acceptors (Lipinski definition) is 3. The van der Waals surface area contributed by atoms with Crippen molar-refractivity contribution in [3.05, 3.63) is 65.7 Å². The second-order valence-corrected chi connectivity index (χ2v) is 7.11. The maximum Gasteiger partial charge on any atom is 0.241 e. The Balaban J connectivity index is 1.53. The Hall–Kier alpha value is -2.17. The van der Waals surface area contributed by atoms with Crippen molar-refractivity contribution in [1.82, 2.24) is 9.80 Å². The van der Waals surface area contributed by atoms with Gasteiger partial charge in [-0.15, -0.1) is 0 Å². The van der Waals surface area contributed by atoms with E-state index >= 15 is 0 Å². The lowest BCUT2D eigenvalue weighted by molar-refractivity contribution is -0.120. The fourth-order valence-electron chi connectivity index (χ4n) is 3.90. The molecule has 0 saturated carbocycles. The number of fused-ring (bicyclic) bond motifs is 1. The van der Waals surface area contributed by atoms with Crippen LogP contribution in [0.15, 0.2) is 54.6 Å². The summed E-state index contributed by atoms with van der Waals surface area (Å²) in [5, 5.41) is 0. The van der Waals surface area contributed by atoms with E-state index in [-0.39, 0.29) is 11.8 Å². The summed E-state index contributed by atoms with van der Waals surface area (Å²) in [6.45, 7) is 5.28. The van der Waals surface area contributed by atoms with Crippen molar-refractivity contribution in [1.29, 1.82) is 0 Å². The fourth-order valence-corrected chi connectivity index (χ4v) is 3.90. The maximum atomic E-state index is 13.0. The van der Waals surface area contributed by atoms with Gasteiger partial charge in [-0.25, -0.2) is 0 Å². The Morgan fingerprint density at radius 3 is 2.40 bits per heavy atom. The summed E-state index contributed by atoms with van der Waals surface area (Å²) in [6.07, 6.45) is 0. The molecule has 1 unspecified atom stereocenters. The summed E-state index contributed by atoms with van der Waals surface area (Å²) in [5.41, 5.74) is 3.63. The van der Waals surface area contributed by atoms with E-state index in [1.807, 2.05) is 17.0 Å². The largest absolute Gasteiger partial charge is 0.310 e. The minimum absolute atomic E-state index is 0.218. The molecular weight excluding hydrogens is 310 g/mol. The van der Waals surface area contributed by atoms with Crippen molar-refractivity contribution in [3.8, 4) is 0 Å². The van der Waals surface area contributed by atoms with Crippen LogP contribution in [0.3, 0.4) is 0 Å². The first-order valence-electron chi connectivity index (χ1n) is 9.07. The standard InChI is InChI=1S/C21H25N3O/c1-22-11-13-23(14-12-22)16-21(25)24-15-19(17-7-3-2-4-8-17)18-9-5-6-10-20(18)24/h2-10,19H,11-16H2,1H3. The van der Waals surface area contributed by atoms with E-state index in [2.05, 4.69) is 59.3 Å². The average Bonchev–Trinajstić information content (AvgIpc) is 3.04. The van der Waals surface area contributed by atoms with Gasteiger partial charge in [0.15, 0.2) is 0 Å². The number of anilines is 1. The van der Waals surface area contributed by atoms with Gasteiger partial charge in [0.05, 0.1) is 6.54 Å². The third-order valence-electron chi connectivity index (χ3n) is 5.43. The molecule has 4 rings (SSSR count). The lowest BCUT2D eigenvalue weighted by Gasteiger charge is -2.33. The van der Waals surface area contributed by atoms with Crippen molar-refractivity contribution in [2.24, 2.45) is 0 Å². The van der Waals surface area contributed by atoms with E-state index in [4.69, 9.17) is 0 Å². The van der Waals surface area contributed by atoms with Crippen molar-refractivity contribution < 1.29 is 4.79 Å².